The maximum absolute atomic E-state index is 5.55. The van der Waals surface area contributed by atoms with Crippen molar-refractivity contribution in [2.24, 2.45) is 5.73 Å². The molecule has 1 aromatic heterocycles. The van der Waals surface area contributed by atoms with Crippen LogP contribution in [0.15, 0.2) is 60.8 Å². The van der Waals surface area contributed by atoms with E-state index in [-0.39, 0.29) is 0 Å². The Labute approximate surface area is 131 Å². The van der Waals surface area contributed by atoms with Gasteiger partial charge in [0.25, 0.3) is 0 Å². The fourth-order valence-corrected chi connectivity index (χ4v) is 2.56. The molecule has 0 atom stereocenters. The van der Waals surface area contributed by atoms with E-state index in [2.05, 4.69) is 64.6 Å². The van der Waals surface area contributed by atoms with E-state index in [1.807, 2.05) is 6.20 Å². The van der Waals surface area contributed by atoms with Crippen LogP contribution < -0.4 is 5.73 Å². The summed E-state index contributed by atoms with van der Waals surface area (Å²) in [4.78, 5) is 7.66. The van der Waals surface area contributed by atoms with Crippen molar-refractivity contribution in [2.45, 2.75) is 19.3 Å². The molecule has 0 saturated heterocycles. The highest BCUT2D eigenvalue weighted by Gasteiger charge is 2.03. The fraction of sp³-hybridized carbons (Fsp3) is 0.211. The van der Waals surface area contributed by atoms with Crippen LogP contribution in [0.4, 0.5) is 0 Å². The number of aryl methyl sites for hydroxylation is 2. The summed E-state index contributed by atoms with van der Waals surface area (Å²) in [5.74, 6) is 0.950. The second-order valence-corrected chi connectivity index (χ2v) is 5.46. The van der Waals surface area contributed by atoms with Gasteiger partial charge in [0.1, 0.15) is 5.82 Å². The van der Waals surface area contributed by atoms with Crippen LogP contribution >= 0.6 is 0 Å². The predicted octanol–water partition coefficient (Wildman–Crippen LogP) is 3.36. The first kappa shape index (κ1) is 14.5. The van der Waals surface area contributed by atoms with Crippen molar-refractivity contribution in [3.8, 4) is 11.3 Å². The molecule has 1 heterocycles. The first-order valence-corrected chi connectivity index (χ1v) is 7.72. The third-order valence-corrected chi connectivity index (χ3v) is 3.82. The fourth-order valence-electron chi connectivity index (χ4n) is 2.56. The quantitative estimate of drug-likeness (QED) is 0.731. The van der Waals surface area contributed by atoms with E-state index in [1.165, 1.54) is 16.7 Å². The third kappa shape index (κ3) is 3.62. The number of benzene rings is 2. The zero-order valence-electron chi connectivity index (χ0n) is 12.6. The molecule has 3 rings (SSSR count). The van der Waals surface area contributed by atoms with Crippen molar-refractivity contribution in [3.05, 3.63) is 77.7 Å². The minimum Gasteiger partial charge on any atom is -0.342 e. The van der Waals surface area contributed by atoms with Crippen LogP contribution in [0.1, 0.15) is 17.0 Å². The molecule has 0 saturated carbocycles. The standard InChI is InChI=1S/C19H21N3/c20-13-12-19-21-14-18(22-19)17-10-8-16(9-11-17)7-6-15-4-2-1-3-5-15/h1-5,8-11,14H,6-7,12-13,20H2,(H,21,22). The molecular weight excluding hydrogens is 270 g/mol. The largest absolute Gasteiger partial charge is 0.342 e. The highest BCUT2D eigenvalue weighted by molar-refractivity contribution is 5.58. The number of nitrogens with zero attached hydrogens (tertiary/aromatic N) is 1. The lowest BCUT2D eigenvalue weighted by atomic mass is 10.0. The van der Waals surface area contributed by atoms with Gasteiger partial charge in [0.15, 0.2) is 0 Å². The number of nitrogens with one attached hydrogen (secondary N) is 1. The number of H-pyrrole nitrogens is 1. The van der Waals surface area contributed by atoms with Crippen molar-refractivity contribution in [1.29, 1.82) is 0 Å². The average Bonchev–Trinajstić information content (AvgIpc) is 3.03. The molecule has 3 heteroatoms. The van der Waals surface area contributed by atoms with Crippen LogP contribution in [0.5, 0.6) is 0 Å². The van der Waals surface area contributed by atoms with Gasteiger partial charge in [-0.2, -0.15) is 0 Å². The summed E-state index contributed by atoms with van der Waals surface area (Å²) < 4.78 is 0. The topological polar surface area (TPSA) is 54.7 Å². The van der Waals surface area contributed by atoms with Crippen LogP contribution in [-0.2, 0) is 19.3 Å². The minimum atomic E-state index is 0.616. The Morgan fingerprint density at radius 2 is 1.50 bits per heavy atom. The van der Waals surface area contributed by atoms with Gasteiger partial charge in [-0.15, -0.1) is 0 Å². The Hall–Kier alpha value is -2.39. The normalized spacial score (nSPS) is 10.8. The van der Waals surface area contributed by atoms with Crippen molar-refractivity contribution < 1.29 is 0 Å². The third-order valence-electron chi connectivity index (χ3n) is 3.82. The zero-order valence-corrected chi connectivity index (χ0v) is 12.6. The van der Waals surface area contributed by atoms with Crippen LogP contribution in [-0.4, -0.2) is 16.5 Å². The molecule has 3 N–H and O–H groups in total. The van der Waals surface area contributed by atoms with Gasteiger partial charge in [-0.3, -0.25) is 0 Å². The van der Waals surface area contributed by atoms with Gasteiger partial charge in [0, 0.05) is 6.42 Å². The lowest BCUT2D eigenvalue weighted by Gasteiger charge is -2.04. The summed E-state index contributed by atoms with van der Waals surface area (Å²) in [6.07, 6.45) is 4.80. The Morgan fingerprint density at radius 1 is 0.818 bits per heavy atom. The first-order valence-electron chi connectivity index (χ1n) is 7.72. The van der Waals surface area contributed by atoms with E-state index < -0.39 is 0 Å². The maximum Gasteiger partial charge on any atom is 0.107 e. The number of aromatic amines is 1. The molecule has 0 bridgehead atoms. The minimum absolute atomic E-state index is 0.616. The van der Waals surface area contributed by atoms with Gasteiger partial charge in [-0.05, 0) is 36.1 Å². The van der Waals surface area contributed by atoms with Crippen molar-refractivity contribution in [3.63, 3.8) is 0 Å². The van der Waals surface area contributed by atoms with Crippen molar-refractivity contribution >= 4 is 0 Å². The summed E-state index contributed by atoms with van der Waals surface area (Å²) >= 11 is 0. The van der Waals surface area contributed by atoms with E-state index in [1.54, 1.807) is 0 Å². The van der Waals surface area contributed by atoms with E-state index in [9.17, 15) is 0 Å². The summed E-state index contributed by atoms with van der Waals surface area (Å²) in [7, 11) is 0. The highest BCUT2D eigenvalue weighted by Crippen LogP contribution is 2.18. The van der Waals surface area contributed by atoms with Crippen LogP contribution in [0.3, 0.4) is 0 Å². The molecule has 22 heavy (non-hydrogen) atoms. The van der Waals surface area contributed by atoms with Gasteiger partial charge in [-0.25, -0.2) is 4.98 Å². The molecule has 3 nitrogen and oxygen atoms in total. The number of imidazole rings is 1. The van der Waals surface area contributed by atoms with E-state index >= 15 is 0 Å². The molecule has 0 radical (unpaired) electrons. The van der Waals surface area contributed by atoms with E-state index in [4.69, 9.17) is 5.73 Å². The average molecular weight is 291 g/mol. The molecule has 0 aliphatic rings. The van der Waals surface area contributed by atoms with Crippen LogP contribution in [0, 0.1) is 0 Å². The lowest BCUT2D eigenvalue weighted by Crippen LogP contribution is -2.03. The highest BCUT2D eigenvalue weighted by atomic mass is 14.9. The van der Waals surface area contributed by atoms with E-state index in [0.717, 1.165) is 30.8 Å². The predicted molar refractivity (Wildman–Crippen MR) is 90.6 cm³/mol. The SMILES string of the molecule is NCCc1ncc(-c2ccc(CCc3ccccc3)cc2)[nH]1. The molecule has 0 aliphatic carbocycles. The number of aromatic nitrogens is 2. The molecule has 0 unspecified atom stereocenters. The molecule has 3 aromatic rings. The number of nitrogens with two attached hydrogens (primary N) is 1. The smallest absolute Gasteiger partial charge is 0.107 e. The Kier molecular flexibility index (Phi) is 4.66. The van der Waals surface area contributed by atoms with Crippen molar-refractivity contribution in [2.75, 3.05) is 6.54 Å². The Bertz CT molecular complexity index is 699. The van der Waals surface area contributed by atoms with Gasteiger partial charge >= 0.3 is 0 Å². The van der Waals surface area contributed by atoms with Gasteiger partial charge in [-0.1, -0.05) is 54.6 Å². The number of hydrogen-bond acceptors (Lipinski definition) is 2. The summed E-state index contributed by atoms with van der Waals surface area (Å²) in [6.45, 7) is 0.616. The lowest BCUT2D eigenvalue weighted by molar-refractivity contribution is 0.895. The summed E-state index contributed by atoms with van der Waals surface area (Å²) in [5, 5.41) is 0. The number of rotatable bonds is 6. The van der Waals surface area contributed by atoms with E-state index in [0.29, 0.717) is 6.54 Å². The second-order valence-electron chi connectivity index (χ2n) is 5.46. The maximum atomic E-state index is 5.55. The Balaban J connectivity index is 1.64. The molecule has 0 amide bonds. The monoisotopic (exact) mass is 291 g/mol. The zero-order chi connectivity index (χ0) is 15.2. The molecular formula is C19H21N3. The molecule has 0 spiro atoms. The summed E-state index contributed by atoms with van der Waals surface area (Å²) in [5.41, 5.74) is 10.5. The Morgan fingerprint density at radius 3 is 2.18 bits per heavy atom. The molecule has 0 fully saturated rings. The van der Waals surface area contributed by atoms with Gasteiger partial charge < -0.3 is 10.7 Å². The molecule has 0 aliphatic heterocycles. The first-order chi connectivity index (χ1) is 10.8. The van der Waals surface area contributed by atoms with Crippen LogP contribution in [0.2, 0.25) is 0 Å². The second kappa shape index (κ2) is 7.05. The molecule has 112 valence electrons. The van der Waals surface area contributed by atoms with Crippen molar-refractivity contribution in [1.82, 2.24) is 9.97 Å². The van der Waals surface area contributed by atoms with Gasteiger partial charge in [0.05, 0.1) is 11.9 Å². The number of hydrogen-bond donors (Lipinski definition) is 2. The van der Waals surface area contributed by atoms with Crippen LogP contribution in [0.25, 0.3) is 11.3 Å². The summed E-state index contributed by atoms with van der Waals surface area (Å²) in [6, 6.07) is 19.3. The van der Waals surface area contributed by atoms with Gasteiger partial charge in [0.2, 0.25) is 0 Å². The molecule has 2 aromatic carbocycles.